The molecule has 0 radical (unpaired) electrons. The monoisotopic (exact) mass is 181 g/mol. The molecule has 0 atom stereocenters. The second-order valence-corrected chi connectivity index (χ2v) is 3.46. The fraction of sp³-hybridized carbons (Fsp3) is 0.667. The lowest BCUT2D eigenvalue weighted by atomic mass is 10.1. The molecule has 1 fully saturated rings. The normalized spacial score (nSPS) is 24.6. The summed E-state index contributed by atoms with van der Waals surface area (Å²) in [6, 6.07) is 0.437. The molecule has 4 nitrogen and oxygen atoms in total. The van der Waals surface area contributed by atoms with Crippen LogP contribution in [0.15, 0.2) is 12.3 Å². The van der Waals surface area contributed by atoms with Crippen LogP contribution in [0.4, 0.5) is 4.79 Å². The Hall–Kier alpha value is -1.03. The van der Waals surface area contributed by atoms with E-state index in [9.17, 15) is 4.79 Å². The van der Waals surface area contributed by atoms with E-state index in [0.717, 1.165) is 25.9 Å². The maximum Gasteiger partial charge on any atom is 0.321 e. The molecule has 2 heterocycles. The Bertz CT molecular complexity index is 221. The predicted octanol–water partition coefficient (Wildman–Crippen LogP) is 0.277. The number of nitrogens with one attached hydrogen (secondary N) is 2. The molecular formula is C9H15N3O. The molecule has 0 aromatic heterocycles. The first-order valence-electron chi connectivity index (χ1n) is 4.81. The van der Waals surface area contributed by atoms with Crippen LogP contribution in [0.2, 0.25) is 0 Å². The van der Waals surface area contributed by atoms with Crippen molar-refractivity contribution < 1.29 is 4.79 Å². The quantitative estimate of drug-likeness (QED) is 0.610. The number of carbonyl (C=O) groups is 1. The molecule has 2 N–H and O–H groups in total. The van der Waals surface area contributed by atoms with Crippen molar-refractivity contribution in [3.8, 4) is 0 Å². The standard InChI is InChI=1S/C9H15N3O/c13-9-11-4-1-7-12(9)8-2-5-10-6-3-8/h1,7-8,10H,2-6H2,(H,11,13). The molecule has 2 aliphatic rings. The van der Waals surface area contributed by atoms with Crippen LogP contribution in [0.3, 0.4) is 0 Å². The van der Waals surface area contributed by atoms with Gasteiger partial charge in [-0.25, -0.2) is 4.79 Å². The van der Waals surface area contributed by atoms with Gasteiger partial charge in [-0.3, -0.25) is 4.90 Å². The van der Waals surface area contributed by atoms with Crippen LogP contribution in [0.5, 0.6) is 0 Å². The smallest absolute Gasteiger partial charge is 0.321 e. The van der Waals surface area contributed by atoms with Crippen LogP contribution in [0.25, 0.3) is 0 Å². The number of urea groups is 1. The molecule has 0 aromatic carbocycles. The fourth-order valence-electron chi connectivity index (χ4n) is 1.84. The fourth-order valence-corrected chi connectivity index (χ4v) is 1.84. The van der Waals surface area contributed by atoms with Gasteiger partial charge in [-0.15, -0.1) is 0 Å². The van der Waals surface area contributed by atoms with E-state index in [4.69, 9.17) is 0 Å². The average molecular weight is 181 g/mol. The molecule has 0 aromatic rings. The number of carbonyl (C=O) groups excluding carboxylic acids is 1. The Balaban J connectivity index is 2.00. The minimum Gasteiger partial charge on any atom is -0.334 e. The van der Waals surface area contributed by atoms with Gasteiger partial charge in [0.15, 0.2) is 0 Å². The second kappa shape index (κ2) is 3.79. The Morgan fingerprint density at radius 3 is 2.85 bits per heavy atom. The average Bonchev–Trinajstić information content (AvgIpc) is 2.20. The first-order chi connectivity index (χ1) is 6.38. The molecule has 0 saturated carbocycles. The largest absolute Gasteiger partial charge is 0.334 e. The van der Waals surface area contributed by atoms with Gasteiger partial charge in [0.2, 0.25) is 0 Å². The number of piperidine rings is 1. The van der Waals surface area contributed by atoms with Crippen LogP contribution in [-0.4, -0.2) is 36.6 Å². The SMILES string of the molecule is O=C1NCC=CN1C1CCNCC1. The van der Waals surface area contributed by atoms with Gasteiger partial charge in [-0.2, -0.15) is 0 Å². The molecule has 2 amide bonds. The van der Waals surface area contributed by atoms with Crippen molar-refractivity contribution in [2.45, 2.75) is 18.9 Å². The van der Waals surface area contributed by atoms with E-state index in [1.807, 2.05) is 17.2 Å². The number of rotatable bonds is 1. The maximum absolute atomic E-state index is 11.4. The predicted molar refractivity (Wildman–Crippen MR) is 50.3 cm³/mol. The van der Waals surface area contributed by atoms with Crippen molar-refractivity contribution in [3.63, 3.8) is 0 Å². The minimum absolute atomic E-state index is 0.0504. The summed E-state index contributed by atoms with van der Waals surface area (Å²) in [6.07, 6.45) is 6.01. The van der Waals surface area contributed by atoms with E-state index in [0.29, 0.717) is 12.6 Å². The summed E-state index contributed by atoms with van der Waals surface area (Å²) >= 11 is 0. The first-order valence-corrected chi connectivity index (χ1v) is 4.81. The van der Waals surface area contributed by atoms with Crippen molar-refractivity contribution in [1.29, 1.82) is 0 Å². The van der Waals surface area contributed by atoms with Crippen molar-refractivity contribution in [1.82, 2.24) is 15.5 Å². The highest BCUT2D eigenvalue weighted by atomic mass is 16.2. The minimum atomic E-state index is 0.0504. The third-order valence-electron chi connectivity index (χ3n) is 2.57. The Morgan fingerprint density at radius 2 is 2.15 bits per heavy atom. The Morgan fingerprint density at radius 1 is 1.38 bits per heavy atom. The van der Waals surface area contributed by atoms with Gasteiger partial charge >= 0.3 is 6.03 Å². The Labute approximate surface area is 78.0 Å². The van der Waals surface area contributed by atoms with Crippen molar-refractivity contribution in [2.75, 3.05) is 19.6 Å². The highest BCUT2D eigenvalue weighted by Gasteiger charge is 2.24. The zero-order valence-corrected chi connectivity index (χ0v) is 7.62. The van der Waals surface area contributed by atoms with Crippen LogP contribution in [-0.2, 0) is 0 Å². The van der Waals surface area contributed by atoms with Gasteiger partial charge in [0.05, 0.1) is 0 Å². The summed E-state index contributed by atoms with van der Waals surface area (Å²) in [4.78, 5) is 13.3. The van der Waals surface area contributed by atoms with Crippen LogP contribution in [0.1, 0.15) is 12.8 Å². The lowest BCUT2D eigenvalue weighted by Gasteiger charge is -2.33. The van der Waals surface area contributed by atoms with Gasteiger partial charge in [-0.05, 0) is 32.0 Å². The summed E-state index contributed by atoms with van der Waals surface area (Å²) in [5.74, 6) is 0. The highest BCUT2D eigenvalue weighted by molar-refractivity contribution is 5.76. The molecule has 2 aliphatic heterocycles. The summed E-state index contributed by atoms with van der Waals surface area (Å²) in [5.41, 5.74) is 0. The number of amides is 2. The molecule has 0 spiro atoms. The van der Waals surface area contributed by atoms with Crippen molar-refractivity contribution >= 4 is 6.03 Å². The van der Waals surface area contributed by atoms with Crippen LogP contribution < -0.4 is 10.6 Å². The topological polar surface area (TPSA) is 44.4 Å². The molecule has 0 bridgehead atoms. The molecule has 0 unspecified atom stereocenters. The Kier molecular flexibility index (Phi) is 2.49. The van der Waals surface area contributed by atoms with Gasteiger partial charge in [-0.1, -0.05) is 0 Å². The summed E-state index contributed by atoms with van der Waals surface area (Å²) < 4.78 is 0. The molecule has 2 rings (SSSR count). The number of hydrogen-bond acceptors (Lipinski definition) is 2. The van der Waals surface area contributed by atoms with Gasteiger partial charge in [0.25, 0.3) is 0 Å². The van der Waals surface area contributed by atoms with Crippen molar-refractivity contribution in [3.05, 3.63) is 12.3 Å². The number of hydrogen-bond donors (Lipinski definition) is 2. The van der Waals surface area contributed by atoms with E-state index in [1.54, 1.807) is 0 Å². The van der Waals surface area contributed by atoms with Crippen LogP contribution >= 0.6 is 0 Å². The molecule has 0 aliphatic carbocycles. The zero-order valence-electron chi connectivity index (χ0n) is 7.62. The van der Waals surface area contributed by atoms with E-state index < -0.39 is 0 Å². The maximum atomic E-state index is 11.4. The first kappa shape index (κ1) is 8.56. The van der Waals surface area contributed by atoms with E-state index in [-0.39, 0.29) is 6.03 Å². The summed E-state index contributed by atoms with van der Waals surface area (Å²) in [5, 5.41) is 6.10. The van der Waals surface area contributed by atoms with E-state index in [2.05, 4.69) is 10.6 Å². The molecule has 4 heteroatoms. The second-order valence-electron chi connectivity index (χ2n) is 3.46. The van der Waals surface area contributed by atoms with Crippen LogP contribution in [0, 0.1) is 0 Å². The molecule has 1 saturated heterocycles. The summed E-state index contributed by atoms with van der Waals surface area (Å²) in [7, 11) is 0. The number of nitrogens with zero attached hydrogens (tertiary/aromatic N) is 1. The summed E-state index contributed by atoms with van der Waals surface area (Å²) in [6.45, 7) is 2.70. The van der Waals surface area contributed by atoms with Gasteiger partial charge < -0.3 is 10.6 Å². The van der Waals surface area contributed by atoms with E-state index >= 15 is 0 Å². The lowest BCUT2D eigenvalue weighted by Crippen LogP contribution is -2.49. The van der Waals surface area contributed by atoms with E-state index in [1.165, 1.54) is 0 Å². The highest BCUT2D eigenvalue weighted by Crippen LogP contribution is 2.13. The molecule has 13 heavy (non-hydrogen) atoms. The molecule has 72 valence electrons. The zero-order chi connectivity index (χ0) is 9.10. The lowest BCUT2D eigenvalue weighted by molar-refractivity contribution is 0.185. The third-order valence-corrected chi connectivity index (χ3v) is 2.57. The molecular weight excluding hydrogens is 166 g/mol. The van der Waals surface area contributed by atoms with Gasteiger partial charge in [0.1, 0.15) is 0 Å². The van der Waals surface area contributed by atoms with Gasteiger partial charge in [0, 0.05) is 18.8 Å². The van der Waals surface area contributed by atoms with Crippen molar-refractivity contribution in [2.24, 2.45) is 0 Å². The third kappa shape index (κ3) is 1.83.